The molecule has 186 valence electrons. The minimum absolute atomic E-state index is 0.182. The number of carbonyl (C=O) groups excluding carboxylic acids is 2. The molecular formula is C25H34ClN3O4S. The Morgan fingerprint density at radius 2 is 1.76 bits per heavy atom. The Morgan fingerprint density at radius 1 is 1.09 bits per heavy atom. The van der Waals surface area contributed by atoms with Gasteiger partial charge in [0.25, 0.3) is 0 Å². The molecule has 2 rings (SSSR count). The van der Waals surface area contributed by atoms with Gasteiger partial charge in [0.2, 0.25) is 21.8 Å². The summed E-state index contributed by atoms with van der Waals surface area (Å²) in [5.74, 6) is -0.477. The van der Waals surface area contributed by atoms with Crippen LogP contribution in [-0.2, 0) is 26.2 Å². The summed E-state index contributed by atoms with van der Waals surface area (Å²) in [5.41, 5.74) is 2.17. The fourth-order valence-corrected chi connectivity index (χ4v) is 4.62. The molecule has 1 atom stereocenters. The fourth-order valence-electron chi connectivity index (χ4n) is 3.59. The summed E-state index contributed by atoms with van der Waals surface area (Å²) in [6.07, 6.45) is 1.43. The molecule has 0 aromatic heterocycles. The van der Waals surface area contributed by atoms with Crippen LogP contribution in [0, 0.1) is 12.8 Å². The number of rotatable bonds is 11. The number of amides is 2. The molecule has 0 unspecified atom stereocenters. The smallest absolute Gasteiger partial charge is 0.244 e. The number of anilines is 1. The quantitative estimate of drug-likeness (QED) is 0.498. The number of hydrogen-bond acceptors (Lipinski definition) is 4. The van der Waals surface area contributed by atoms with Crippen molar-refractivity contribution in [2.75, 3.05) is 23.7 Å². The average molecular weight is 508 g/mol. The van der Waals surface area contributed by atoms with E-state index in [-0.39, 0.29) is 24.1 Å². The van der Waals surface area contributed by atoms with E-state index < -0.39 is 28.5 Å². The first-order valence-corrected chi connectivity index (χ1v) is 13.5. The van der Waals surface area contributed by atoms with E-state index in [1.807, 2.05) is 52.0 Å². The van der Waals surface area contributed by atoms with Crippen LogP contribution in [0.5, 0.6) is 0 Å². The maximum atomic E-state index is 13.6. The second kappa shape index (κ2) is 12.2. The SMILES string of the molecule is CC[C@@H](C(=O)NCC(C)C)N(Cc1cccc(C)c1)C(=O)CN(c1cccc(Cl)c1)S(C)(=O)=O. The van der Waals surface area contributed by atoms with Crippen LogP contribution in [-0.4, -0.2) is 50.5 Å². The lowest BCUT2D eigenvalue weighted by Gasteiger charge is -2.33. The van der Waals surface area contributed by atoms with Crippen molar-refractivity contribution >= 4 is 39.1 Å². The largest absolute Gasteiger partial charge is 0.354 e. The monoisotopic (exact) mass is 507 g/mol. The predicted molar refractivity (Wildman–Crippen MR) is 137 cm³/mol. The Morgan fingerprint density at radius 3 is 2.32 bits per heavy atom. The van der Waals surface area contributed by atoms with Gasteiger partial charge in [-0.3, -0.25) is 13.9 Å². The minimum atomic E-state index is -3.79. The van der Waals surface area contributed by atoms with Gasteiger partial charge in [0.05, 0.1) is 11.9 Å². The highest BCUT2D eigenvalue weighted by Gasteiger charge is 2.31. The van der Waals surface area contributed by atoms with Crippen LogP contribution in [0.4, 0.5) is 5.69 Å². The maximum Gasteiger partial charge on any atom is 0.244 e. The summed E-state index contributed by atoms with van der Waals surface area (Å²) >= 11 is 6.07. The topological polar surface area (TPSA) is 86.8 Å². The molecule has 1 N–H and O–H groups in total. The van der Waals surface area contributed by atoms with Gasteiger partial charge in [-0.25, -0.2) is 8.42 Å². The Labute approximate surface area is 208 Å². The first-order chi connectivity index (χ1) is 15.9. The van der Waals surface area contributed by atoms with E-state index >= 15 is 0 Å². The van der Waals surface area contributed by atoms with Crippen molar-refractivity contribution < 1.29 is 18.0 Å². The highest BCUT2D eigenvalue weighted by atomic mass is 35.5. The molecule has 2 aromatic rings. The lowest BCUT2D eigenvalue weighted by atomic mass is 10.1. The molecule has 0 saturated carbocycles. The van der Waals surface area contributed by atoms with Crippen molar-refractivity contribution in [3.05, 3.63) is 64.7 Å². The molecule has 7 nitrogen and oxygen atoms in total. The van der Waals surface area contributed by atoms with E-state index in [0.717, 1.165) is 21.7 Å². The van der Waals surface area contributed by atoms with Crippen molar-refractivity contribution in [3.8, 4) is 0 Å². The van der Waals surface area contributed by atoms with Gasteiger partial charge in [-0.15, -0.1) is 0 Å². The second-order valence-electron chi connectivity index (χ2n) is 8.82. The molecule has 0 aliphatic rings. The zero-order valence-electron chi connectivity index (χ0n) is 20.4. The Kier molecular flexibility index (Phi) is 9.94. The van der Waals surface area contributed by atoms with Crippen LogP contribution < -0.4 is 9.62 Å². The summed E-state index contributed by atoms with van der Waals surface area (Å²) in [5, 5.41) is 3.26. The number of nitrogens with one attached hydrogen (secondary N) is 1. The molecule has 0 heterocycles. The van der Waals surface area contributed by atoms with E-state index in [4.69, 9.17) is 11.6 Å². The molecule has 0 radical (unpaired) electrons. The number of benzene rings is 2. The third-order valence-electron chi connectivity index (χ3n) is 5.28. The summed E-state index contributed by atoms with van der Waals surface area (Å²) in [6.45, 7) is 7.99. The van der Waals surface area contributed by atoms with Crippen molar-refractivity contribution in [2.24, 2.45) is 5.92 Å². The molecule has 0 aliphatic carbocycles. The summed E-state index contributed by atoms with van der Waals surface area (Å²) in [7, 11) is -3.79. The van der Waals surface area contributed by atoms with Gasteiger partial charge in [0, 0.05) is 18.1 Å². The van der Waals surface area contributed by atoms with Crippen molar-refractivity contribution in [2.45, 2.75) is 46.7 Å². The van der Waals surface area contributed by atoms with Crippen LogP contribution in [0.2, 0.25) is 5.02 Å². The first kappa shape index (κ1) is 27.7. The average Bonchev–Trinajstić information content (AvgIpc) is 2.75. The standard InChI is InChI=1S/C25H34ClN3O4S/c1-6-23(25(31)27-15-18(2)3)28(16-20-10-7-9-19(4)13-20)24(30)17-29(34(5,32)33)22-12-8-11-21(26)14-22/h7-14,18,23H,6,15-17H2,1-5H3,(H,27,31)/t23-/m0/s1. The van der Waals surface area contributed by atoms with Crippen molar-refractivity contribution in [3.63, 3.8) is 0 Å². The van der Waals surface area contributed by atoms with Crippen LogP contribution in [0.25, 0.3) is 0 Å². The molecule has 0 bridgehead atoms. The minimum Gasteiger partial charge on any atom is -0.354 e. The third-order valence-corrected chi connectivity index (χ3v) is 6.66. The molecule has 0 saturated heterocycles. The molecule has 9 heteroatoms. The van der Waals surface area contributed by atoms with E-state index in [2.05, 4.69) is 5.32 Å². The summed E-state index contributed by atoms with van der Waals surface area (Å²) < 4.78 is 26.2. The van der Waals surface area contributed by atoms with Gasteiger partial charge in [0.15, 0.2) is 0 Å². The van der Waals surface area contributed by atoms with Crippen LogP contribution in [0.15, 0.2) is 48.5 Å². The van der Waals surface area contributed by atoms with E-state index in [9.17, 15) is 18.0 Å². The van der Waals surface area contributed by atoms with Gasteiger partial charge in [-0.2, -0.15) is 0 Å². The maximum absolute atomic E-state index is 13.6. The second-order valence-corrected chi connectivity index (χ2v) is 11.2. The molecular weight excluding hydrogens is 474 g/mol. The van der Waals surface area contributed by atoms with Crippen molar-refractivity contribution in [1.82, 2.24) is 10.2 Å². The number of carbonyl (C=O) groups is 2. The molecule has 0 aliphatic heterocycles. The first-order valence-electron chi connectivity index (χ1n) is 11.3. The Bertz CT molecular complexity index is 1100. The van der Waals surface area contributed by atoms with Gasteiger partial charge in [-0.05, 0) is 43.0 Å². The van der Waals surface area contributed by atoms with Crippen molar-refractivity contribution in [1.29, 1.82) is 0 Å². The van der Waals surface area contributed by atoms with Crippen LogP contribution in [0.1, 0.15) is 38.3 Å². The highest BCUT2D eigenvalue weighted by molar-refractivity contribution is 7.92. The van der Waals surface area contributed by atoms with E-state index in [1.165, 1.54) is 11.0 Å². The van der Waals surface area contributed by atoms with Gasteiger partial charge in [0.1, 0.15) is 12.6 Å². The zero-order chi connectivity index (χ0) is 25.5. The Balaban J connectivity index is 2.42. The molecule has 2 aromatic carbocycles. The summed E-state index contributed by atoms with van der Waals surface area (Å²) in [4.78, 5) is 28.1. The van der Waals surface area contributed by atoms with E-state index in [1.54, 1.807) is 18.2 Å². The van der Waals surface area contributed by atoms with Crippen LogP contribution >= 0.6 is 11.6 Å². The number of nitrogens with zero attached hydrogens (tertiary/aromatic N) is 2. The van der Waals surface area contributed by atoms with Gasteiger partial charge >= 0.3 is 0 Å². The zero-order valence-corrected chi connectivity index (χ0v) is 22.0. The lowest BCUT2D eigenvalue weighted by Crippen LogP contribution is -2.52. The Hall–Kier alpha value is -2.58. The molecule has 2 amide bonds. The predicted octanol–water partition coefficient (Wildman–Crippen LogP) is 3.99. The lowest BCUT2D eigenvalue weighted by molar-refractivity contribution is -0.140. The normalized spacial score (nSPS) is 12.3. The van der Waals surface area contributed by atoms with Gasteiger partial charge < -0.3 is 10.2 Å². The number of hydrogen-bond donors (Lipinski definition) is 1. The van der Waals surface area contributed by atoms with Gasteiger partial charge in [-0.1, -0.05) is 68.3 Å². The number of halogens is 1. The summed E-state index contributed by atoms with van der Waals surface area (Å²) in [6, 6.07) is 13.3. The fraction of sp³-hybridized carbons (Fsp3) is 0.440. The molecule has 34 heavy (non-hydrogen) atoms. The highest BCUT2D eigenvalue weighted by Crippen LogP contribution is 2.23. The third kappa shape index (κ3) is 8.02. The number of sulfonamides is 1. The van der Waals surface area contributed by atoms with Crippen LogP contribution in [0.3, 0.4) is 0 Å². The van der Waals surface area contributed by atoms with E-state index in [0.29, 0.717) is 18.0 Å². The number of aryl methyl sites for hydroxylation is 1. The molecule has 0 spiro atoms. The molecule has 0 fully saturated rings.